The SMILES string of the molecule is BrCCCCCCC(CCCOCCCC(CCCCCCBr)c1cccc(I)c1)c1cccc(I)c1. The molecule has 0 saturated carbocycles. The fourth-order valence-electron chi connectivity index (χ4n) is 5.12. The molecule has 2 atom stereocenters. The summed E-state index contributed by atoms with van der Waals surface area (Å²) in [5, 5.41) is 2.26. The molecule has 0 radical (unpaired) electrons. The minimum atomic E-state index is 0.664. The van der Waals surface area contributed by atoms with Gasteiger partial charge in [-0.25, -0.2) is 0 Å². The van der Waals surface area contributed by atoms with E-state index >= 15 is 0 Å². The van der Waals surface area contributed by atoms with Gasteiger partial charge in [-0.2, -0.15) is 0 Å². The average Bonchev–Trinajstić information content (AvgIpc) is 2.90. The molecule has 0 N–H and O–H groups in total. The van der Waals surface area contributed by atoms with E-state index in [0.717, 1.165) is 36.7 Å². The molecule has 0 aromatic heterocycles. The normalized spacial score (nSPS) is 13.1. The lowest BCUT2D eigenvalue weighted by atomic mass is 9.89. The van der Waals surface area contributed by atoms with Crippen LogP contribution in [-0.2, 0) is 4.74 Å². The van der Waals surface area contributed by atoms with Gasteiger partial charge in [0.25, 0.3) is 0 Å². The second kappa shape index (κ2) is 22.5. The van der Waals surface area contributed by atoms with Crippen molar-refractivity contribution in [2.75, 3.05) is 23.9 Å². The zero-order chi connectivity index (χ0) is 26.6. The highest BCUT2D eigenvalue weighted by atomic mass is 127. The quantitative estimate of drug-likeness (QED) is 0.0651. The first kappa shape index (κ1) is 34.0. The number of ether oxygens (including phenoxy) is 1. The van der Waals surface area contributed by atoms with E-state index in [1.54, 1.807) is 0 Å². The molecule has 0 fully saturated rings. The van der Waals surface area contributed by atoms with Crippen LogP contribution in [-0.4, -0.2) is 23.9 Å². The van der Waals surface area contributed by atoms with Crippen LogP contribution >= 0.6 is 77.0 Å². The Bertz CT molecular complexity index is 764. The van der Waals surface area contributed by atoms with E-state index in [9.17, 15) is 0 Å². The summed E-state index contributed by atoms with van der Waals surface area (Å²) in [4.78, 5) is 0. The molecular formula is C32H46Br2I2O. The molecule has 5 heteroatoms. The minimum Gasteiger partial charge on any atom is -0.381 e. The summed E-state index contributed by atoms with van der Waals surface area (Å²) in [7, 11) is 0. The fourth-order valence-corrected chi connectivity index (χ4v) is 7.05. The summed E-state index contributed by atoms with van der Waals surface area (Å²) in [5.41, 5.74) is 3.03. The van der Waals surface area contributed by atoms with Gasteiger partial charge in [-0.3, -0.25) is 0 Å². The van der Waals surface area contributed by atoms with Crippen molar-refractivity contribution in [3.8, 4) is 0 Å². The number of halogens is 4. The van der Waals surface area contributed by atoms with E-state index < -0.39 is 0 Å². The molecular weight excluding hydrogens is 814 g/mol. The number of rotatable bonds is 22. The summed E-state index contributed by atoms with van der Waals surface area (Å²) in [6.45, 7) is 1.79. The van der Waals surface area contributed by atoms with Gasteiger partial charge in [-0.05, 0) is 144 Å². The number of hydrogen-bond donors (Lipinski definition) is 0. The lowest BCUT2D eigenvalue weighted by Gasteiger charge is -2.19. The standard InChI is InChI=1S/C32H46Br2I2O/c33-21-7-3-1-5-13-27(29-15-9-19-31(35)25-29)17-11-23-37-24-12-18-28(14-6-2-4-8-22-34)30-16-10-20-32(36)26-30/h9-10,15-16,19-20,25-28H,1-8,11-14,17-18,21-24H2. The van der Waals surface area contributed by atoms with Crippen LogP contribution < -0.4 is 0 Å². The van der Waals surface area contributed by atoms with Crippen molar-refractivity contribution in [2.24, 2.45) is 0 Å². The molecule has 2 aromatic carbocycles. The van der Waals surface area contributed by atoms with Gasteiger partial charge in [0.2, 0.25) is 0 Å². The molecule has 0 heterocycles. The lowest BCUT2D eigenvalue weighted by molar-refractivity contribution is 0.123. The number of benzene rings is 2. The summed E-state index contributed by atoms with van der Waals surface area (Å²) in [6.07, 6.45) is 18.0. The summed E-state index contributed by atoms with van der Waals surface area (Å²) in [5.74, 6) is 1.33. The van der Waals surface area contributed by atoms with Crippen molar-refractivity contribution in [3.05, 3.63) is 66.8 Å². The largest absolute Gasteiger partial charge is 0.381 e. The van der Waals surface area contributed by atoms with Crippen LogP contribution in [0.4, 0.5) is 0 Å². The maximum absolute atomic E-state index is 6.16. The molecule has 37 heavy (non-hydrogen) atoms. The zero-order valence-electron chi connectivity index (χ0n) is 22.4. The molecule has 0 aliphatic carbocycles. The lowest BCUT2D eigenvalue weighted by Crippen LogP contribution is -2.05. The van der Waals surface area contributed by atoms with Crippen molar-refractivity contribution in [3.63, 3.8) is 0 Å². The number of unbranched alkanes of at least 4 members (excludes halogenated alkanes) is 6. The molecule has 0 aliphatic heterocycles. The Balaban J connectivity index is 1.73. The predicted octanol–water partition coefficient (Wildman–Crippen LogP) is 12.0. The highest BCUT2D eigenvalue weighted by Gasteiger charge is 2.13. The van der Waals surface area contributed by atoms with Crippen molar-refractivity contribution < 1.29 is 4.74 Å². The first-order valence-corrected chi connectivity index (χ1v) is 18.7. The maximum atomic E-state index is 6.16. The van der Waals surface area contributed by atoms with E-state index in [4.69, 9.17) is 4.74 Å². The second-order valence-corrected chi connectivity index (χ2v) is 14.3. The molecule has 0 bridgehead atoms. The van der Waals surface area contributed by atoms with Gasteiger partial charge >= 0.3 is 0 Å². The third kappa shape index (κ3) is 16.0. The van der Waals surface area contributed by atoms with E-state index in [0.29, 0.717) is 11.8 Å². The Labute approximate surface area is 271 Å². The second-order valence-electron chi connectivity index (χ2n) is 10.2. The third-order valence-electron chi connectivity index (χ3n) is 7.20. The topological polar surface area (TPSA) is 9.23 Å². The molecule has 0 saturated heterocycles. The smallest absolute Gasteiger partial charge is 0.0466 e. The summed E-state index contributed by atoms with van der Waals surface area (Å²) in [6, 6.07) is 18.3. The number of alkyl halides is 2. The Morgan fingerprint density at radius 2 is 0.946 bits per heavy atom. The van der Waals surface area contributed by atoms with Crippen molar-refractivity contribution in [1.82, 2.24) is 0 Å². The van der Waals surface area contributed by atoms with E-state index in [-0.39, 0.29) is 0 Å². The van der Waals surface area contributed by atoms with Crippen LogP contribution in [0, 0.1) is 7.14 Å². The summed E-state index contributed by atoms with van der Waals surface area (Å²) < 4.78 is 8.85. The molecule has 0 amide bonds. The predicted molar refractivity (Wildman–Crippen MR) is 187 cm³/mol. The molecule has 0 spiro atoms. The van der Waals surface area contributed by atoms with Gasteiger partial charge in [0, 0.05) is 31.0 Å². The van der Waals surface area contributed by atoms with Crippen LogP contribution in [0.3, 0.4) is 0 Å². The van der Waals surface area contributed by atoms with Crippen LogP contribution in [0.1, 0.15) is 113 Å². The van der Waals surface area contributed by atoms with Crippen LogP contribution in [0.15, 0.2) is 48.5 Å². The third-order valence-corrected chi connectivity index (χ3v) is 9.66. The summed E-state index contributed by atoms with van der Waals surface area (Å²) >= 11 is 12.0. The average molecular weight is 860 g/mol. The van der Waals surface area contributed by atoms with Crippen LogP contribution in [0.5, 0.6) is 0 Å². The Kier molecular flexibility index (Phi) is 20.7. The molecule has 1 nitrogen and oxygen atoms in total. The minimum absolute atomic E-state index is 0.664. The highest BCUT2D eigenvalue weighted by Crippen LogP contribution is 2.30. The van der Waals surface area contributed by atoms with Gasteiger partial charge in [-0.1, -0.05) is 94.7 Å². The van der Waals surface area contributed by atoms with Gasteiger partial charge in [0.15, 0.2) is 0 Å². The van der Waals surface area contributed by atoms with Gasteiger partial charge < -0.3 is 4.74 Å². The van der Waals surface area contributed by atoms with Crippen molar-refractivity contribution in [2.45, 2.75) is 102 Å². The van der Waals surface area contributed by atoms with E-state index in [1.807, 2.05) is 0 Å². The maximum Gasteiger partial charge on any atom is 0.0466 e. The van der Waals surface area contributed by atoms with Gasteiger partial charge in [-0.15, -0.1) is 0 Å². The fraction of sp³-hybridized carbons (Fsp3) is 0.625. The first-order chi connectivity index (χ1) is 18.1. The Hall–Kier alpha value is 0.820. The molecule has 2 aromatic rings. The highest BCUT2D eigenvalue weighted by molar-refractivity contribution is 14.1. The Morgan fingerprint density at radius 3 is 1.35 bits per heavy atom. The zero-order valence-corrected chi connectivity index (χ0v) is 29.9. The molecule has 2 unspecified atom stereocenters. The van der Waals surface area contributed by atoms with Gasteiger partial charge in [0.1, 0.15) is 0 Å². The van der Waals surface area contributed by atoms with E-state index in [2.05, 4.69) is 126 Å². The Morgan fingerprint density at radius 1 is 0.541 bits per heavy atom. The number of hydrogen-bond acceptors (Lipinski definition) is 1. The molecule has 0 aliphatic rings. The first-order valence-electron chi connectivity index (χ1n) is 14.3. The van der Waals surface area contributed by atoms with Crippen LogP contribution in [0.25, 0.3) is 0 Å². The van der Waals surface area contributed by atoms with Crippen LogP contribution in [0.2, 0.25) is 0 Å². The van der Waals surface area contributed by atoms with Crippen molar-refractivity contribution in [1.29, 1.82) is 0 Å². The molecule has 208 valence electrons. The van der Waals surface area contributed by atoms with Gasteiger partial charge in [0.05, 0.1) is 0 Å². The monoisotopic (exact) mass is 858 g/mol. The van der Waals surface area contributed by atoms with E-state index in [1.165, 1.54) is 95.3 Å². The molecule has 2 rings (SSSR count). The van der Waals surface area contributed by atoms with Crippen molar-refractivity contribution >= 4 is 77.0 Å².